The third-order valence-electron chi connectivity index (χ3n) is 3.00. The lowest BCUT2D eigenvalue weighted by atomic mass is 10.0. The molecule has 0 bridgehead atoms. The minimum absolute atomic E-state index is 0.0248. The van der Waals surface area contributed by atoms with Crippen LogP contribution in [0.2, 0.25) is 0 Å². The first-order valence-corrected chi connectivity index (χ1v) is 4.89. The average molecular weight is 215 g/mol. The van der Waals surface area contributed by atoms with Crippen LogP contribution in [0, 0.1) is 17.5 Å². The molecule has 82 valence electrons. The predicted molar refractivity (Wildman–Crippen MR) is 51.0 cm³/mol. The summed E-state index contributed by atoms with van der Waals surface area (Å²) < 4.78 is 39.2. The van der Waals surface area contributed by atoms with E-state index in [9.17, 15) is 13.2 Å². The molecule has 0 aromatic heterocycles. The second-order valence-electron chi connectivity index (χ2n) is 4.06. The van der Waals surface area contributed by atoms with Crippen LogP contribution in [0.3, 0.4) is 0 Å². The zero-order chi connectivity index (χ0) is 11.1. The summed E-state index contributed by atoms with van der Waals surface area (Å²) in [6.07, 6.45) is 2.08. The number of rotatable bonds is 3. The van der Waals surface area contributed by atoms with Crippen LogP contribution < -0.4 is 5.32 Å². The van der Waals surface area contributed by atoms with Crippen LogP contribution >= 0.6 is 0 Å². The highest BCUT2D eigenvalue weighted by molar-refractivity contribution is 5.25. The Balaban J connectivity index is 2.28. The zero-order valence-electron chi connectivity index (χ0n) is 8.41. The molecule has 0 heterocycles. The molecule has 1 fully saturated rings. The Bertz CT molecular complexity index is 362. The lowest BCUT2D eigenvalue weighted by Crippen LogP contribution is -2.30. The first-order valence-electron chi connectivity index (χ1n) is 4.89. The van der Waals surface area contributed by atoms with Gasteiger partial charge in [0, 0.05) is 23.2 Å². The fourth-order valence-electron chi connectivity index (χ4n) is 1.75. The SMILES string of the molecule is CNC1(Cc2c(F)cc(F)cc2F)CC1. The topological polar surface area (TPSA) is 12.0 Å². The van der Waals surface area contributed by atoms with Crippen molar-refractivity contribution >= 4 is 0 Å². The van der Waals surface area contributed by atoms with Gasteiger partial charge in [0.05, 0.1) is 0 Å². The maximum Gasteiger partial charge on any atom is 0.132 e. The van der Waals surface area contributed by atoms with Crippen LogP contribution in [0.5, 0.6) is 0 Å². The number of hydrogen-bond acceptors (Lipinski definition) is 1. The molecule has 1 nitrogen and oxygen atoms in total. The van der Waals surface area contributed by atoms with E-state index in [2.05, 4.69) is 5.32 Å². The van der Waals surface area contributed by atoms with E-state index in [-0.39, 0.29) is 17.5 Å². The fraction of sp³-hybridized carbons (Fsp3) is 0.455. The van der Waals surface area contributed by atoms with Crippen LogP contribution in [0.25, 0.3) is 0 Å². The largest absolute Gasteiger partial charge is 0.314 e. The predicted octanol–water partition coefficient (Wildman–Crippen LogP) is 2.40. The van der Waals surface area contributed by atoms with Gasteiger partial charge in [-0.15, -0.1) is 0 Å². The summed E-state index contributed by atoms with van der Waals surface area (Å²) in [5, 5.41) is 3.04. The van der Waals surface area contributed by atoms with E-state index in [1.165, 1.54) is 0 Å². The van der Waals surface area contributed by atoms with Crippen molar-refractivity contribution in [2.24, 2.45) is 0 Å². The van der Waals surface area contributed by atoms with Gasteiger partial charge in [-0.2, -0.15) is 0 Å². The van der Waals surface area contributed by atoms with Gasteiger partial charge < -0.3 is 5.32 Å². The molecule has 4 heteroatoms. The van der Waals surface area contributed by atoms with Crippen LogP contribution in [-0.4, -0.2) is 12.6 Å². The van der Waals surface area contributed by atoms with Crippen molar-refractivity contribution in [2.75, 3.05) is 7.05 Å². The fourth-order valence-corrected chi connectivity index (χ4v) is 1.75. The maximum atomic E-state index is 13.3. The standard InChI is InChI=1S/C11H12F3N/c1-15-11(2-3-11)6-8-9(13)4-7(12)5-10(8)14/h4-5,15H,2-3,6H2,1H3. The van der Waals surface area contributed by atoms with E-state index in [1.807, 2.05) is 0 Å². The van der Waals surface area contributed by atoms with Crippen molar-refractivity contribution in [3.05, 3.63) is 35.1 Å². The second-order valence-corrected chi connectivity index (χ2v) is 4.06. The highest BCUT2D eigenvalue weighted by Crippen LogP contribution is 2.39. The van der Waals surface area contributed by atoms with E-state index < -0.39 is 17.5 Å². The molecule has 1 aromatic carbocycles. The number of hydrogen-bond donors (Lipinski definition) is 1. The average Bonchev–Trinajstić information content (AvgIpc) is 2.92. The van der Waals surface area contributed by atoms with Gasteiger partial charge in [0.25, 0.3) is 0 Å². The van der Waals surface area contributed by atoms with Crippen molar-refractivity contribution < 1.29 is 13.2 Å². The molecule has 1 N–H and O–H groups in total. The van der Waals surface area contributed by atoms with Gasteiger partial charge in [-0.25, -0.2) is 13.2 Å². The Kier molecular flexibility index (Phi) is 2.46. The minimum Gasteiger partial charge on any atom is -0.314 e. The Morgan fingerprint density at radius 1 is 1.20 bits per heavy atom. The van der Waals surface area contributed by atoms with Crippen LogP contribution in [-0.2, 0) is 6.42 Å². The smallest absolute Gasteiger partial charge is 0.132 e. The van der Waals surface area contributed by atoms with Gasteiger partial charge in [-0.1, -0.05) is 0 Å². The highest BCUT2D eigenvalue weighted by atomic mass is 19.1. The summed E-state index contributed by atoms with van der Waals surface area (Å²) in [6, 6.07) is 1.45. The lowest BCUT2D eigenvalue weighted by molar-refractivity contribution is 0.482. The number of nitrogens with one attached hydrogen (secondary N) is 1. The highest BCUT2D eigenvalue weighted by Gasteiger charge is 2.42. The molecule has 2 rings (SSSR count). The van der Waals surface area contributed by atoms with Crippen molar-refractivity contribution in [2.45, 2.75) is 24.8 Å². The van der Waals surface area contributed by atoms with Gasteiger partial charge in [0.15, 0.2) is 0 Å². The molecule has 0 unspecified atom stereocenters. The molecule has 0 saturated heterocycles. The van der Waals surface area contributed by atoms with Crippen LogP contribution in [0.15, 0.2) is 12.1 Å². The summed E-state index contributed by atoms with van der Waals surface area (Å²) in [5.41, 5.74) is -0.206. The van der Waals surface area contributed by atoms with Gasteiger partial charge in [-0.3, -0.25) is 0 Å². The number of likely N-dealkylation sites (N-methyl/N-ethyl adjacent to an activating group) is 1. The maximum absolute atomic E-state index is 13.3. The molecule has 1 aliphatic carbocycles. The van der Waals surface area contributed by atoms with E-state index in [0.29, 0.717) is 0 Å². The first kappa shape index (κ1) is 10.5. The van der Waals surface area contributed by atoms with Crippen LogP contribution in [0.4, 0.5) is 13.2 Å². The molecule has 0 aliphatic heterocycles. The van der Waals surface area contributed by atoms with Crippen molar-refractivity contribution in [3.63, 3.8) is 0 Å². The van der Waals surface area contributed by atoms with E-state index in [1.54, 1.807) is 7.05 Å². The van der Waals surface area contributed by atoms with E-state index >= 15 is 0 Å². The molecule has 0 amide bonds. The normalized spacial score (nSPS) is 17.9. The third kappa shape index (κ3) is 2.00. The van der Waals surface area contributed by atoms with Crippen molar-refractivity contribution in [3.8, 4) is 0 Å². The van der Waals surface area contributed by atoms with Gasteiger partial charge >= 0.3 is 0 Å². The summed E-state index contributed by atoms with van der Waals surface area (Å²) in [7, 11) is 1.77. The number of halogens is 3. The van der Waals surface area contributed by atoms with Gasteiger partial charge in [-0.05, 0) is 26.3 Å². The van der Waals surface area contributed by atoms with Gasteiger partial charge in [0.1, 0.15) is 17.5 Å². The molecule has 1 saturated carbocycles. The second kappa shape index (κ2) is 3.52. The van der Waals surface area contributed by atoms with E-state index in [4.69, 9.17) is 0 Å². The summed E-state index contributed by atoms with van der Waals surface area (Å²) >= 11 is 0. The van der Waals surface area contributed by atoms with E-state index in [0.717, 1.165) is 25.0 Å². The molecule has 15 heavy (non-hydrogen) atoms. The quantitative estimate of drug-likeness (QED) is 0.816. The van der Waals surface area contributed by atoms with Crippen molar-refractivity contribution in [1.29, 1.82) is 0 Å². The van der Waals surface area contributed by atoms with Crippen LogP contribution in [0.1, 0.15) is 18.4 Å². The number of benzene rings is 1. The Morgan fingerprint density at radius 3 is 2.13 bits per heavy atom. The molecule has 0 atom stereocenters. The third-order valence-corrected chi connectivity index (χ3v) is 3.00. The summed E-state index contributed by atoms with van der Waals surface area (Å²) in [6.45, 7) is 0. The molecule has 1 aromatic rings. The lowest BCUT2D eigenvalue weighted by Gasteiger charge is -2.15. The van der Waals surface area contributed by atoms with Gasteiger partial charge in [0.2, 0.25) is 0 Å². The van der Waals surface area contributed by atoms with Crippen molar-refractivity contribution in [1.82, 2.24) is 5.32 Å². The Morgan fingerprint density at radius 2 is 1.73 bits per heavy atom. The Labute approximate surface area is 86.3 Å². The molecule has 0 spiro atoms. The summed E-state index contributed by atoms with van der Waals surface area (Å²) in [5.74, 6) is -2.47. The minimum atomic E-state index is -0.872. The molecular weight excluding hydrogens is 203 g/mol. The molecule has 1 aliphatic rings. The molecule has 0 radical (unpaired) electrons. The Hall–Kier alpha value is -1.03. The monoisotopic (exact) mass is 215 g/mol. The molecular formula is C11H12F3N. The zero-order valence-corrected chi connectivity index (χ0v) is 8.41. The summed E-state index contributed by atoms with van der Waals surface area (Å²) in [4.78, 5) is 0. The first-order chi connectivity index (χ1) is 7.06.